The van der Waals surface area contributed by atoms with Crippen LogP contribution in [-0.4, -0.2) is 20.2 Å². The SMILES string of the molecule is O=c1cnnc(Nc2ccc(Oc3ccccn3)cc2)[nH]1. The zero-order valence-electron chi connectivity index (χ0n) is 10.9. The van der Waals surface area contributed by atoms with E-state index in [4.69, 9.17) is 4.74 Å². The first-order valence-electron chi connectivity index (χ1n) is 6.17. The number of ether oxygens (including phenoxy) is 1. The maximum Gasteiger partial charge on any atom is 0.271 e. The fourth-order valence-electron chi connectivity index (χ4n) is 1.64. The topological polar surface area (TPSA) is 92.8 Å². The molecule has 3 aromatic rings. The van der Waals surface area contributed by atoms with Gasteiger partial charge in [-0.15, -0.1) is 10.2 Å². The first kappa shape index (κ1) is 12.8. The Balaban J connectivity index is 1.71. The highest BCUT2D eigenvalue weighted by atomic mass is 16.5. The highest BCUT2D eigenvalue weighted by Crippen LogP contribution is 2.21. The predicted octanol–water partition coefficient (Wildman–Crippen LogP) is 2.10. The van der Waals surface area contributed by atoms with Crippen LogP contribution in [0.3, 0.4) is 0 Å². The minimum absolute atomic E-state index is 0.279. The fraction of sp³-hybridized carbons (Fsp3) is 0. The normalized spacial score (nSPS) is 10.1. The third-order valence-electron chi connectivity index (χ3n) is 2.55. The summed E-state index contributed by atoms with van der Waals surface area (Å²) in [6, 6.07) is 12.6. The van der Waals surface area contributed by atoms with E-state index in [1.165, 1.54) is 0 Å². The summed E-state index contributed by atoms with van der Waals surface area (Å²) in [6.07, 6.45) is 2.77. The van der Waals surface area contributed by atoms with E-state index < -0.39 is 0 Å². The maximum atomic E-state index is 11.1. The first-order valence-corrected chi connectivity index (χ1v) is 6.17. The van der Waals surface area contributed by atoms with Crippen LogP contribution in [0, 0.1) is 0 Å². The molecule has 3 rings (SSSR count). The quantitative estimate of drug-likeness (QED) is 0.760. The number of nitrogens with zero attached hydrogens (tertiary/aromatic N) is 3. The Morgan fingerprint density at radius 2 is 1.95 bits per heavy atom. The molecule has 0 fully saturated rings. The van der Waals surface area contributed by atoms with Crippen molar-refractivity contribution in [2.75, 3.05) is 5.32 Å². The van der Waals surface area contributed by atoms with Gasteiger partial charge in [-0.2, -0.15) is 0 Å². The summed E-state index contributed by atoms with van der Waals surface area (Å²) >= 11 is 0. The van der Waals surface area contributed by atoms with Crippen LogP contribution in [0.2, 0.25) is 0 Å². The van der Waals surface area contributed by atoms with Gasteiger partial charge >= 0.3 is 0 Å². The molecule has 0 aliphatic carbocycles. The summed E-state index contributed by atoms with van der Waals surface area (Å²) < 4.78 is 5.58. The van der Waals surface area contributed by atoms with Crippen LogP contribution in [0.4, 0.5) is 11.6 Å². The number of benzene rings is 1. The first-order chi connectivity index (χ1) is 10.3. The third kappa shape index (κ3) is 3.41. The van der Waals surface area contributed by atoms with Gasteiger partial charge < -0.3 is 10.1 Å². The second-order valence-electron chi connectivity index (χ2n) is 4.10. The van der Waals surface area contributed by atoms with Gasteiger partial charge in [0.25, 0.3) is 5.56 Å². The molecule has 0 saturated heterocycles. The second kappa shape index (κ2) is 5.83. The molecule has 2 heterocycles. The molecule has 7 heteroatoms. The van der Waals surface area contributed by atoms with Crippen molar-refractivity contribution >= 4 is 11.6 Å². The summed E-state index contributed by atoms with van der Waals surface area (Å²) in [5, 5.41) is 10.3. The molecule has 0 radical (unpaired) electrons. The van der Waals surface area contributed by atoms with Gasteiger partial charge in [-0.1, -0.05) is 6.07 Å². The minimum atomic E-state index is -0.317. The van der Waals surface area contributed by atoms with E-state index in [-0.39, 0.29) is 11.5 Å². The Labute approximate surface area is 119 Å². The van der Waals surface area contributed by atoms with Crippen molar-refractivity contribution in [1.29, 1.82) is 0 Å². The summed E-state index contributed by atoms with van der Waals surface area (Å²) in [4.78, 5) is 17.7. The van der Waals surface area contributed by atoms with Gasteiger partial charge in [-0.3, -0.25) is 9.78 Å². The van der Waals surface area contributed by atoms with Crippen LogP contribution in [0.5, 0.6) is 11.6 Å². The van der Waals surface area contributed by atoms with Crippen LogP contribution in [0.25, 0.3) is 0 Å². The van der Waals surface area contributed by atoms with Gasteiger partial charge in [0.15, 0.2) is 0 Å². The van der Waals surface area contributed by atoms with Crippen LogP contribution in [0.1, 0.15) is 0 Å². The number of hydrogen-bond donors (Lipinski definition) is 2. The van der Waals surface area contributed by atoms with Gasteiger partial charge in [-0.25, -0.2) is 4.98 Å². The molecule has 7 nitrogen and oxygen atoms in total. The molecule has 104 valence electrons. The van der Waals surface area contributed by atoms with Crippen molar-refractivity contribution in [3.05, 3.63) is 65.2 Å². The third-order valence-corrected chi connectivity index (χ3v) is 2.55. The van der Waals surface area contributed by atoms with Crippen molar-refractivity contribution in [3.8, 4) is 11.6 Å². The molecule has 2 N–H and O–H groups in total. The molecule has 0 unspecified atom stereocenters. The Bertz CT molecular complexity index is 771. The van der Waals surface area contributed by atoms with Crippen LogP contribution >= 0.6 is 0 Å². The second-order valence-corrected chi connectivity index (χ2v) is 4.10. The molecule has 0 amide bonds. The molecule has 0 saturated carbocycles. The Hall–Kier alpha value is -3.22. The van der Waals surface area contributed by atoms with Gasteiger partial charge in [0.2, 0.25) is 11.8 Å². The molecule has 0 aliphatic rings. The average molecular weight is 281 g/mol. The molecular weight excluding hydrogens is 270 g/mol. The molecule has 0 spiro atoms. The summed E-state index contributed by atoms with van der Waals surface area (Å²) in [7, 11) is 0. The smallest absolute Gasteiger partial charge is 0.271 e. The highest BCUT2D eigenvalue weighted by molar-refractivity contribution is 5.54. The van der Waals surface area contributed by atoms with E-state index in [0.717, 1.165) is 11.9 Å². The number of H-pyrrole nitrogens is 1. The number of hydrogen-bond acceptors (Lipinski definition) is 6. The van der Waals surface area contributed by atoms with Gasteiger partial charge in [0.1, 0.15) is 11.9 Å². The molecule has 2 aromatic heterocycles. The molecule has 21 heavy (non-hydrogen) atoms. The number of aromatic nitrogens is 4. The molecule has 0 aliphatic heterocycles. The van der Waals surface area contributed by atoms with E-state index in [1.54, 1.807) is 36.5 Å². The zero-order chi connectivity index (χ0) is 14.5. The minimum Gasteiger partial charge on any atom is -0.439 e. The van der Waals surface area contributed by atoms with Crippen molar-refractivity contribution in [2.24, 2.45) is 0 Å². The Morgan fingerprint density at radius 1 is 1.10 bits per heavy atom. The van der Waals surface area contributed by atoms with Gasteiger partial charge in [0.05, 0.1) is 0 Å². The Morgan fingerprint density at radius 3 is 2.67 bits per heavy atom. The number of aromatic amines is 1. The number of pyridine rings is 1. The summed E-state index contributed by atoms with van der Waals surface area (Å²) in [6.45, 7) is 0. The van der Waals surface area contributed by atoms with Gasteiger partial charge in [-0.05, 0) is 30.3 Å². The lowest BCUT2D eigenvalue weighted by Crippen LogP contribution is -2.10. The summed E-state index contributed by atoms with van der Waals surface area (Å²) in [5.41, 5.74) is 0.433. The summed E-state index contributed by atoms with van der Waals surface area (Å²) in [5.74, 6) is 1.46. The van der Waals surface area contributed by atoms with Crippen LogP contribution in [-0.2, 0) is 0 Å². The predicted molar refractivity (Wildman–Crippen MR) is 76.7 cm³/mol. The van der Waals surface area contributed by atoms with Crippen LogP contribution in [0.15, 0.2) is 59.7 Å². The lowest BCUT2D eigenvalue weighted by atomic mass is 10.3. The van der Waals surface area contributed by atoms with E-state index in [2.05, 4.69) is 25.5 Å². The van der Waals surface area contributed by atoms with Crippen LogP contribution < -0.4 is 15.6 Å². The van der Waals surface area contributed by atoms with E-state index in [1.807, 2.05) is 12.1 Å². The number of rotatable bonds is 4. The molecule has 0 bridgehead atoms. The van der Waals surface area contributed by atoms with Crippen molar-refractivity contribution in [1.82, 2.24) is 20.2 Å². The molecular formula is C14H11N5O2. The zero-order valence-corrected chi connectivity index (χ0v) is 10.9. The average Bonchev–Trinajstić information content (AvgIpc) is 2.50. The van der Waals surface area contributed by atoms with Crippen molar-refractivity contribution in [3.63, 3.8) is 0 Å². The Kier molecular flexibility index (Phi) is 3.55. The van der Waals surface area contributed by atoms with E-state index in [0.29, 0.717) is 11.6 Å². The van der Waals surface area contributed by atoms with E-state index in [9.17, 15) is 4.79 Å². The standard InChI is InChI=1S/C14H11N5O2/c20-12-9-16-19-14(18-12)17-10-4-6-11(7-5-10)21-13-3-1-2-8-15-13/h1-9H,(H2,17,18,19,20). The lowest BCUT2D eigenvalue weighted by molar-refractivity contribution is 0.463. The number of anilines is 2. The fourth-order valence-corrected chi connectivity index (χ4v) is 1.64. The lowest BCUT2D eigenvalue weighted by Gasteiger charge is -2.06. The number of nitrogens with one attached hydrogen (secondary N) is 2. The molecule has 0 atom stereocenters. The largest absolute Gasteiger partial charge is 0.439 e. The monoisotopic (exact) mass is 281 g/mol. The highest BCUT2D eigenvalue weighted by Gasteiger charge is 2.00. The van der Waals surface area contributed by atoms with Crippen molar-refractivity contribution < 1.29 is 4.74 Å². The van der Waals surface area contributed by atoms with Gasteiger partial charge in [0, 0.05) is 18.0 Å². The molecule has 1 aromatic carbocycles. The van der Waals surface area contributed by atoms with E-state index >= 15 is 0 Å². The maximum absolute atomic E-state index is 11.1. The van der Waals surface area contributed by atoms with Crippen molar-refractivity contribution in [2.45, 2.75) is 0 Å².